The number of carboxylic acids is 1. The number of carbonyl (C=O) groups is 1. The van der Waals surface area contributed by atoms with Gasteiger partial charge in [-0.05, 0) is 18.1 Å². The van der Waals surface area contributed by atoms with E-state index in [1.807, 2.05) is 18.2 Å². The highest BCUT2D eigenvalue weighted by atomic mass is 16.4. The van der Waals surface area contributed by atoms with Gasteiger partial charge in [0, 0.05) is 25.2 Å². The molecule has 1 aromatic rings. The van der Waals surface area contributed by atoms with Crippen molar-refractivity contribution in [1.29, 1.82) is 5.26 Å². The molecule has 1 N–H and O–H groups in total. The SMILES string of the molecule is N#Cc1ccccc1CN1CCC=C(C(=O)O)C1. The minimum Gasteiger partial charge on any atom is -0.478 e. The van der Waals surface area contributed by atoms with E-state index in [1.165, 1.54) is 0 Å². The van der Waals surface area contributed by atoms with Crippen LogP contribution >= 0.6 is 0 Å². The van der Waals surface area contributed by atoms with E-state index in [0.29, 0.717) is 24.2 Å². The second-order valence-electron chi connectivity index (χ2n) is 4.30. The van der Waals surface area contributed by atoms with E-state index in [9.17, 15) is 4.79 Å². The van der Waals surface area contributed by atoms with E-state index in [0.717, 1.165) is 18.5 Å². The highest BCUT2D eigenvalue weighted by Crippen LogP contribution is 2.15. The summed E-state index contributed by atoms with van der Waals surface area (Å²) in [7, 11) is 0. The van der Waals surface area contributed by atoms with E-state index in [1.54, 1.807) is 12.1 Å². The number of hydrogen-bond donors (Lipinski definition) is 1. The van der Waals surface area contributed by atoms with Crippen LogP contribution in [0.5, 0.6) is 0 Å². The van der Waals surface area contributed by atoms with Crippen LogP contribution in [0.3, 0.4) is 0 Å². The molecule has 1 aliphatic heterocycles. The van der Waals surface area contributed by atoms with Crippen LogP contribution in [0.25, 0.3) is 0 Å². The number of nitriles is 1. The van der Waals surface area contributed by atoms with Gasteiger partial charge in [-0.25, -0.2) is 4.79 Å². The first-order valence-electron chi connectivity index (χ1n) is 5.83. The van der Waals surface area contributed by atoms with E-state index in [2.05, 4.69) is 11.0 Å². The summed E-state index contributed by atoms with van der Waals surface area (Å²) in [5.41, 5.74) is 2.05. The van der Waals surface area contributed by atoms with E-state index < -0.39 is 5.97 Å². The van der Waals surface area contributed by atoms with Crippen LogP contribution in [0.2, 0.25) is 0 Å². The first kappa shape index (κ1) is 12.3. The van der Waals surface area contributed by atoms with Gasteiger partial charge < -0.3 is 5.11 Å². The fourth-order valence-corrected chi connectivity index (χ4v) is 2.10. The minimum atomic E-state index is -0.853. The Hall–Kier alpha value is -2.12. The van der Waals surface area contributed by atoms with Crippen molar-refractivity contribution in [3.05, 3.63) is 47.0 Å². The first-order valence-corrected chi connectivity index (χ1v) is 5.83. The zero-order valence-corrected chi connectivity index (χ0v) is 9.97. The van der Waals surface area contributed by atoms with Crippen molar-refractivity contribution in [2.24, 2.45) is 0 Å². The normalized spacial score (nSPS) is 15.8. The summed E-state index contributed by atoms with van der Waals surface area (Å²) >= 11 is 0. The number of carboxylic acid groups (broad SMARTS) is 1. The zero-order chi connectivity index (χ0) is 13.0. The molecule has 0 saturated heterocycles. The Morgan fingerprint density at radius 1 is 1.44 bits per heavy atom. The average molecular weight is 242 g/mol. The monoisotopic (exact) mass is 242 g/mol. The molecule has 0 aliphatic carbocycles. The second kappa shape index (κ2) is 5.48. The third-order valence-corrected chi connectivity index (χ3v) is 3.04. The molecule has 0 unspecified atom stereocenters. The van der Waals surface area contributed by atoms with Crippen LogP contribution in [-0.4, -0.2) is 29.1 Å². The first-order chi connectivity index (χ1) is 8.70. The second-order valence-corrected chi connectivity index (χ2v) is 4.30. The summed E-state index contributed by atoms with van der Waals surface area (Å²) in [4.78, 5) is 13.0. The van der Waals surface area contributed by atoms with Crippen LogP contribution in [0.1, 0.15) is 17.5 Å². The Kier molecular flexibility index (Phi) is 3.75. The molecule has 2 rings (SSSR count). The van der Waals surface area contributed by atoms with Gasteiger partial charge in [-0.15, -0.1) is 0 Å². The topological polar surface area (TPSA) is 64.3 Å². The lowest BCUT2D eigenvalue weighted by Gasteiger charge is -2.26. The fraction of sp³-hybridized carbons (Fsp3) is 0.286. The van der Waals surface area contributed by atoms with E-state index in [-0.39, 0.29) is 0 Å². The van der Waals surface area contributed by atoms with Gasteiger partial charge in [-0.1, -0.05) is 24.3 Å². The molecule has 92 valence electrons. The fourth-order valence-electron chi connectivity index (χ4n) is 2.10. The van der Waals surface area contributed by atoms with Gasteiger partial charge in [-0.2, -0.15) is 5.26 Å². The van der Waals surface area contributed by atoms with Gasteiger partial charge in [-0.3, -0.25) is 4.90 Å². The van der Waals surface area contributed by atoms with Crippen molar-refractivity contribution in [3.8, 4) is 6.07 Å². The number of nitrogens with zero attached hydrogens (tertiary/aromatic N) is 2. The molecule has 0 atom stereocenters. The van der Waals surface area contributed by atoms with Gasteiger partial charge >= 0.3 is 5.97 Å². The predicted octanol–water partition coefficient (Wildman–Crippen LogP) is 1.77. The lowest BCUT2D eigenvalue weighted by atomic mass is 10.1. The maximum atomic E-state index is 10.9. The van der Waals surface area contributed by atoms with Crippen LogP contribution < -0.4 is 0 Å². The van der Waals surface area contributed by atoms with Crippen molar-refractivity contribution in [2.45, 2.75) is 13.0 Å². The van der Waals surface area contributed by atoms with Gasteiger partial charge in [0.25, 0.3) is 0 Å². The van der Waals surface area contributed by atoms with Crippen molar-refractivity contribution in [1.82, 2.24) is 4.90 Å². The van der Waals surface area contributed by atoms with Crippen molar-refractivity contribution >= 4 is 5.97 Å². The largest absolute Gasteiger partial charge is 0.478 e. The van der Waals surface area contributed by atoms with Crippen molar-refractivity contribution in [3.63, 3.8) is 0 Å². The predicted molar refractivity (Wildman–Crippen MR) is 66.8 cm³/mol. The minimum absolute atomic E-state index is 0.440. The molecule has 0 fully saturated rings. The molecule has 0 saturated carbocycles. The molecule has 1 aromatic carbocycles. The molecule has 0 aromatic heterocycles. The molecule has 0 radical (unpaired) electrons. The zero-order valence-electron chi connectivity index (χ0n) is 9.97. The Labute approximate surface area is 106 Å². The van der Waals surface area contributed by atoms with E-state index in [4.69, 9.17) is 10.4 Å². The van der Waals surface area contributed by atoms with Crippen LogP contribution in [0, 0.1) is 11.3 Å². The van der Waals surface area contributed by atoms with Gasteiger partial charge in [0.2, 0.25) is 0 Å². The van der Waals surface area contributed by atoms with Crippen molar-refractivity contribution < 1.29 is 9.90 Å². The third-order valence-electron chi connectivity index (χ3n) is 3.04. The number of hydrogen-bond acceptors (Lipinski definition) is 3. The number of benzene rings is 1. The Morgan fingerprint density at radius 2 is 2.22 bits per heavy atom. The summed E-state index contributed by atoms with van der Waals surface area (Å²) in [5, 5.41) is 18.0. The smallest absolute Gasteiger partial charge is 0.332 e. The molecule has 0 bridgehead atoms. The number of rotatable bonds is 3. The third kappa shape index (κ3) is 2.76. The number of aliphatic carboxylic acids is 1. The van der Waals surface area contributed by atoms with Crippen LogP contribution in [0.4, 0.5) is 0 Å². The Morgan fingerprint density at radius 3 is 2.94 bits per heavy atom. The molecular formula is C14H14N2O2. The molecule has 1 aliphatic rings. The van der Waals surface area contributed by atoms with Crippen LogP contribution in [-0.2, 0) is 11.3 Å². The van der Waals surface area contributed by atoms with Crippen LogP contribution in [0.15, 0.2) is 35.9 Å². The highest BCUT2D eigenvalue weighted by molar-refractivity contribution is 5.87. The molecule has 0 amide bonds. The summed E-state index contributed by atoms with van der Waals surface area (Å²) in [6, 6.07) is 9.59. The quantitative estimate of drug-likeness (QED) is 0.877. The maximum absolute atomic E-state index is 10.9. The lowest BCUT2D eigenvalue weighted by Crippen LogP contribution is -2.32. The van der Waals surface area contributed by atoms with Gasteiger partial charge in [0.15, 0.2) is 0 Å². The molecule has 0 spiro atoms. The summed E-state index contributed by atoms with van der Waals surface area (Å²) in [6.07, 6.45) is 2.52. The van der Waals surface area contributed by atoms with E-state index >= 15 is 0 Å². The van der Waals surface area contributed by atoms with Gasteiger partial charge in [0.1, 0.15) is 0 Å². The molecule has 4 heteroatoms. The standard InChI is InChI=1S/C14H14N2O2/c15-8-11-4-1-2-5-12(11)9-16-7-3-6-13(10-16)14(17)18/h1-2,4-6H,3,7,9-10H2,(H,17,18). The van der Waals surface area contributed by atoms with Crippen molar-refractivity contribution in [2.75, 3.05) is 13.1 Å². The summed E-state index contributed by atoms with van der Waals surface area (Å²) < 4.78 is 0. The molecule has 1 heterocycles. The Bertz CT molecular complexity index is 529. The molecule has 4 nitrogen and oxygen atoms in total. The molecular weight excluding hydrogens is 228 g/mol. The summed E-state index contributed by atoms with van der Waals surface area (Å²) in [5.74, 6) is -0.853. The maximum Gasteiger partial charge on any atom is 0.332 e. The Balaban J connectivity index is 2.09. The molecule has 18 heavy (non-hydrogen) atoms. The lowest BCUT2D eigenvalue weighted by molar-refractivity contribution is -0.133. The highest BCUT2D eigenvalue weighted by Gasteiger charge is 2.18. The average Bonchev–Trinajstić information content (AvgIpc) is 2.39. The van der Waals surface area contributed by atoms with Gasteiger partial charge in [0.05, 0.1) is 11.6 Å². The summed E-state index contributed by atoms with van der Waals surface area (Å²) in [6.45, 7) is 1.89.